The van der Waals surface area contributed by atoms with Gasteiger partial charge in [-0.15, -0.1) is 0 Å². The van der Waals surface area contributed by atoms with E-state index in [-0.39, 0.29) is 29.7 Å². The molecule has 4 unspecified atom stereocenters. The lowest BCUT2D eigenvalue weighted by atomic mass is 9.85. The number of hydrogen-bond donors (Lipinski definition) is 2. The lowest BCUT2D eigenvalue weighted by molar-refractivity contribution is -0.477. The van der Waals surface area contributed by atoms with Crippen LogP contribution in [0, 0.1) is 29.5 Å². The zero-order chi connectivity index (χ0) is 50.9. The molecule has 2 aromatic carbocycles. The Kier molecular flexibility index (Phi) is 13.5. The second-order valence-corrected chi connectivity index (χ2v) is 22.8. The summed E-state index contributed by atoms with van der Waals surface area (Å²) in [5.41, 5.74) is 8.49. The molecule has 15 nitrogen and oxygen atoms in total. The Hall–Kier alpha value is -5.71. The molecule has 73 heavy (non-hydrogen) atoms. The number of nitroso groups, excluding NO2 is 1. The summed E-state index contributed by atoms with van der Waals surface area (Å²) < 4.78 is 20.8. The fraction of sp³-hybridized carbons (Fsp3) is 0.579. The highest BCUT2D eigenvalue weighted by molar-refractivity contribution is 5.94. The SMILES string of the molecule is Cc1cc(C(=O)N2CCC(CN3CCCC(Cc4ccc5c(c4)N(C)C(O)N5C4CCC[N+](=O)C4=O)C[C@@H]3C)CC2)cc(F)c1C1CCN(Cc2cc3c(n2C)N=CCC3(C)n2ccc3c(c2=O)CCN3)CC1. The molecule has 0 radical (unpaired) electrons. The van der Waals surface area contributed by atoms with Crippen LogP contribution in [0.25, 0.3) is 0 Å². The molecule has 0 bridgehead atoms. The third kappa shape index (κ3) is 9.12. The van der Waals surface area contributed by atoms with E-state index in [1.807, 2.05) is 54.0 Å². The molecule has 4 aromatic rings. The van der Waals surface area contributed by atoms with Crippen molar-refractivity contribution in [3.8, 4) is 0 Å². The maximum absolute atomic E-state index is 16.2. The maximum Gasteiger partial charge on any atom is 0.455 e. The van der Waals surface area contributed by atoms with Gasteiger partial charge in [-0.2, -0.15) is 0 Å². The van der Waals surface area contributed by atoms with Crippen LogP contribution in [0.2, 0.25) is 0 Å². The van der Waals surface area contributed by atoms with Gasteiger partial charge in [0.2, 0.25) is 12.9 Å². The van der Waals surface area contributed by atoms with Crippen molar-refractivity contribution in [3.63, 3.8) is 0 Å². The second kappa shape index (κ2) is 19.9. The molecule has 388 valence electrons. The number of aryl methyl sites for hydroxylation is 1. The third-order valence-corrected chi connectivity index (χ3v) is 18.2. The third-order valence-electron chi connectivity index (χ3n) is 18.2. The number of hydrogen-bond acceptors (Lipinski definition) is 11. The Labute approximate surface area is 428 Å². The maximum atomic E-state index is 16.2. The number of aromatic nitrogens is 2. The number of halogens is 1. The fourth-order valence-corrected chi connectivity index (χ4v) is 13.9. The minimum atomic E-state index is -0.994. The van der Waals surface area contributed by atoms with Gasteiger partial charge < -0.3 is 39.2 Å². The van der Waals surface area contributed by atoms with E-state index in [0.717, 1.165) is 148 Å². The van der Waals surface area contributed by atoms with Gasteiger partial charge in [0, 0.05) is 111 Å². The monoisotopic (exact) mass is 998 g/mol. The van der Waals surface area contributed by atoms with Crippen molar-refractivity contribution in [2.45, 2.75) is 134 Å². The van der Waals surface area contributed by atoms with Crippen LogP contribution >= 0.6 is 0 Å². The molecule has 2 aromatic heterocycles. The van der Waals surface area contributed by atoms with Crippen molar-refractivity contribution in [1.82, 2.24) is 23.8 Å². The van der Waals surface area contributed by atoms with Crippen molar-refractivity contribution in [2.24, 2.45) is 23.9 Å². The van der Waals surface area contributed by atoms with Gasteiger partial charge in [0.05, 0.1) is 21.7 Å². The summed E-state index contributed by atoms with van der Waals surface area (Å²) >= 11 is 0. The number of aliphatic hydroxyl groups is 1. The molecule has 9 heterocycles. The molecule has 2 N–H and O–H groups in total. The minimum absolute atomic E-state index is 0.0662. The van der Waals surface area contributed by atoms with Gasteiger partial charge in [-0.05, 0) is 175 Å². The molecular formula is C57H74FN10O5+. The van der Waals surface area contributed by atoms with E-state index >= 15 is 4.39 Å². The first kappa shape index (κ1) is 49.5. The van der Waals surface area contributed by atoms with Gasteiger partial charge in [-0.3, -0.25) is 14.5 Å². The Balaban J connectivity index is 0.657. The van der Waals surface area contributed by atoms with Gasteiger partial charge in [0.1, 0.15) is 11.6 Å². The summed E-state index contributed by atoms with van der Waals surface area (Å²) in [6.07, 6.45) is 13.3. The first-order valence-electron chi connectivity index (χ1n) is 27.2. The van der Waals surface area contributed by atoms with E-state index in [9.17, 15) is 24.4 Å². The molecular weight excluding hydrogens is 924 g/mol. The predicted molar refractivity (Wildman–Crippen MR) is 283 cm³/mol. The first-order chi connectivity index (χ1) is 35.2. The molecule has 16 heteroatoms. The summed E-state index contributed by atoms with van der Waals surface area (Å²) in [5, 5.41) is 14.5. The topological polar surface area (TPSA) is 142 Å². The van der Waals surface area contributed by atoms with Crippen molar-refractivity contribution in [2.75, 3.05) is 74.5 Å². The molecule has 7 aliphatic rings. The average Bonchev–Trinajstić information content (AvgIpc) is 4.03. The number of rotatable bonds is 10. The number of fused-ring (bicyclic) bond motifs is 3. The molecule has 4 fully saturated rings. The number of likely N-dealkylation sites (tertiary alicyclic amines) is 3. The van der Waals surface area contributed by atoms with Gasteiger partial charge in [-0.1, -0.05) is 6.07 Å². The molecule has 0 spiro atoms. The zero-order valence-corrected chi connectivity index (χ0v) is 43.5. The number of aliphatic imine (C=N–C) groups is 1. The van der Waals surface area contributed by atoms with Gasteiger partial charge in [-0.25, -0.2) is 14.2 Å². The molecule has 0 aliphatic carbocycles. The van der Waals surface area contributed by atoms with Crippen LogP contribution in [0.5, 0.6) is 0 Å². The zero-order valence-electron chi connectivity index (χ0n) is 43.5. The lowest BCUT2D eigenvalue weighted by Gasteiger charge is -2.37. The number of carbonyl (C=O) groups excluding carboxylic acids is 2. The summed E-state index contributed by atoms with van der Waals surface area (Å²) in [5.74, 6) is 1.18. The van der Waals surface area contributed by atoms with Crippen LogP contribution in [0.1, 0.15) is 128 Å². The van der Waals surface area contributed by atoms with Crippen LogP contribution in [-0.2, 0) is 36.8 Å². The Morgan fingerprint density at radius 1 is 0.945 bits per heavy atom. The second-order valence-electron chi connectivity index (χ2n) is 22.8. The number of benzene rings is 2. The quantitative estimate of drug-likeness (QED) is 0.154. The van der Waals surface area contributed by atoms with Gasteiger partial charge in [0.25, 0.3) is 11.5 Å². The van der Waals surface area contributed by atoms with Crippen LogP contribution in [0.3, 0.4) is 0 Å². The number of amides is 2. The van der Waals surface area contributed by atoms with Crippen molar-refractivity contribution in [3.05, 3.63) is 109 Å². The van der Waals surface area contributed by atoms with Crippen molar-refractivity contribution >= 4 is 40.9 Å². The molecule has 0 saturated carbocycles. The molecule has 2 amide bonds. The molecule has 4 saturated heterocycles. The number of aliphatic hydroxyl groups excluding tert-OH is 1. The molecule has 5 atom stereocenters. The van der Waals surface area contributed by atoms with E-state index in [2.05, 4.69) is 58.8 Å². The van der Waals surface area contributed by atoms with E-state index in [4.69, 9.17) is 4.99 Å². The highest BCUT2D eigenvalue weighted by atomic mass is 19.1. The molecule has 7 aliphatic heterocycles. The minimum Gasteiger partial charge on any atom is -0.384 e. The van der Waals surface area contributed by atoms with Crippen LogP contribution in [-0.4, -0.2) is 130 Å². The highest BCUT2D eigenvalue weighted by Gasteiger charge is 2.48. The summed E-state index contributed by atoms with van der Waals surface area (Å²) in [7, 11) is 3.90. The smallest absolute Gasteiger partial charge is 0.384 e. The van der Waals surface area contributed by atoms with Crippen molar-refractivity contribution < 1.29 is 23.8 Å². The Bertz CT molecular complexity index is 2870. The molecule has 11 rings (SSSR count). The predicted octanol–water partition coefficient (Wildman–Crippen LogP) is 7.44. The average molecular weight is 998 g/mol. The fourth-order valence-electron chi connectivity index (χ4n) is 13.9. The van der Waals surface area contributed by atoms with Gasteiger partial charge in [0.15, 0.2) is 6.04 Å². The van der Waals surface area contributed by atoms with Crippen LogP contribution in [0.4, 0.5) is 27.3 Å². The number of anilines is 3. The first-order valence-corrected chi connectivity index (χ1v) is 27.2. The van der Waals surface area contributed by atoms with E-state index < -0.39 is 23.8 Å². The number of piperidine rings is 3. The number of nitrogens with zero attached hydrogens (tertiary/aromatic N) is 9. The van der Waals surface area contributed by atoms with E-state index in [1.54, 1.807) is 9.80 Å². The van der Waals surface area contributed by atoms with Crippen molar-refractivity contribution in [1.29, 1.82) is 0 Å². The normalized spacial score (nSPS) is 26.3. The Morgan fingerprint density at radius 3 is 2.52 bits per heavy atom. The number of nitrogens with one attached hydrogen (secondary N) is 1. The highest BCUT2D eigenvalue weighted by Crippen LogP contribution is 2.44. The van der Waals surface area contributed by atoms with E-state index in [0.29, 0.717) is 60.6 Å². The summed E-state index contributed by atoms with van der Waals surface area (Å²) in [6.45, 7) is 13.3. The van der Waals surface area contributed by atoms with Crippen LogP contribution < -0.4 is 20.7 Å². The summed E-state index contributed by atoms with van der Waals surface area (Å²) in [4.78, 5) is 68.0. The lowest BCUT2D eigenvalue weighted by Crippen LogP contribution is -2.54. The standard InChI is InChI=1S/C57H73FN10O5/c1-36-28-42(32-46(58)51(36)41-15-23-63(24-16-41)35-43-33-45-52(61(43)4)60-20-18-57(45,3)66-27-17-47-44(54(66)70)12-19-59-47)53(69)64-25-13-38(14-26-64)34-65-21-6-8-39(29-37(65)2)30-40-10-11-48-50(31-40)62(5)56(72)68(48)49-9-7-22-67(73)55(49)71/h10-11,17,20,27-28,31-33,37-39,41,49,56,72H,6-9,12-16,18-19,21-26,29-30,34-35H2,1-5H3/p+1/t37-,39?,49?,56?,57?/m0/s1. The number of carbonyl (C=O) groups is 2. The van der Waals surface area contributed by atoms with Crippen LogP contribution in [0.15, 0.2) is 58.4 Å². The van der Waals surface area contributed by atoms with E-state index in [1.165, 1.54) is 11.6 Å². The number of pyridine rings is 1. The Morgan fingerprint density at radius 2 is 1.74 bits per heavy atom. The largest absolute Gasteiger partial charge is 0.455 e. The summed E-state index contributed by atoms with van der Waals surface area (Å²) in [6, 6.07) is 13.7. The van der Waals surface area contributed by atoms with Gasteiger partial charge >= 0.3 is 5.91 Å².